The zero-order valence-electron chi connectivity index (χ0n) is 9.23. The fraction of sp³-hybridized carbons (Fsp3) is 0.500. The molecule has 0 atom stereocenters. The predicted octanol–water partition coefficient (Wildman–Crippen LogP) is 1.37. The Kier molecular flexibility index (Phi) is 4.12. The lowest BCUT2D eigenvalue weighted by Gasteiger charge is -2.17. The summed E-state index contributed by atoms with van der Waals surface area (Å²) in [6, 6.07) is 7.51. The molecule has 3 nitrogen and oxygen atoms in total. The second-order valence-electron chi connectivity index (χ2n) is 4.22. The number of hydrogen-bond acceptors (Lipinski definition) is 3. The van der Waals surface area contributed by atoms with E-state index in [2.05, 4.69) is 0 Å². The first-order chi connectivity index (χ1) is 7.01. The molecule has 0 bridgehead atoms. The Morgan fingerprint density at radius 3 is 2.27 bits per heavy atom. The van der Waals surface area contributed by atoms with Crippen LogP contribution in [0.4, 0.5) is 0 Å². The Morgan fingerprint density at radius 1 is 1.20 bits per heavy atom. The van der Waals surface area contributed by atoms with E-state index in [1.165, 1.54) is 0 Å². The van der Waals surface area contributed by atoms with Gasteiger partial charge in [-0.3, -0.25) is 0 Å². The predicted molar refractivity (Wildman–Crippen MR) is 59.0 cm³/mol. The van der Waals surface area contributed by atoms with Gasteiger partial charge in [0.1, 0.15) is 12.4 Å². The molecule has 0 radical (unpaired) electrons. The molecule has 0 unspecified atom stereocenters. The van der Waals surface area contributed by atoms with Gasteiger partial charge in [-0.2, -0.15) is 0 Å². The standard InChI is InChI=1S/C12H18O3/c1-12(2,14)9-15-11-5-3-10(4-6-11)7-8-13/h3-6,13-14H,7-9H2,1-2H3. The van der Waals surface area contributed by atoms with Crippen LogP contribution in [0.15, 0.2) is 24.3 Å². The van der Waals surface area contributed by atoms with Gasteiger partial charge in [0, 0.05) is 6.61 Å². The quantitative estimate of drug-likeness (QED) is 0.771. The van der Waals surface area contributed by atoms with E-state index in [0.717, 1.165) is 11.3 Å². The topological polar surface area (TPSA) is 49.7 Å². The van der Waals surface area contributed by atoms with Crippen molar-refractivity contribution in [1.82, 2.24) is 0 Å². The summed E-state index contributed by atoms with van der Waals surface area (Å²) in [7, 11) is 0. The second kappa shape index (κ2) is 5.14. The van der Waals surface area contributed by atoms with Crippen molar-refractivity contribution < 1.29 is 14.9 Å². The summed E-state index contributed by atoms with van der Waals surface area (Å²) in [4.78, 5) is 0. The van der Waals surface area contributed by atoms with Gasteiger partial charge in [0.15, 0.2) is 0 Å². The normalized spacial score (nSPS) is 11.5. The van der Waals surface area contributed by atoms with E-state index in [1.807, 2.05) is 24.3 Å². The first kappa shape index (κ1) is 12.0. The fourth-order valence-electron chi connectivity index (χ4n) is 1.14. The molecular formula is C12H18O3. The number of rotatable bonds is 5. The highest BCUT2D eigenvalue weighted by Crippen LogP contribution is 2.14. The van der Waals surface area contributed by atoms with Gasteiger partial charge in [-0.25, -0.2) is 0 Å². The monoisotopic (exact) mass is 210 g/mol. The van der Waals surface area contributed by atoms with Crippen LogP contribution >= 0.6 is 0 Å². The molecule has 84 valence electrons. The van der Waals surface area contributed by atoms with E-state index in [0.29, 0.717) is 6.42 Å². The molecular weight excluding hydrogens is 192 g/mol. The number of aliphatic hydroxyl groups is 2. The second-order valence-corrected chi connectivity index (χ2v) is 4.22. The SMILES string of the molecule is CC(C)(O)COc1ccc(CCO)cc1. The Morgan fingerprint density at radius 2 is 1.80 bits per heavy atom. The van der Waals surface area contributed by atoms with Gasteiger partial charge in [-0.15, -0.1) is 0 Å². The van der Waals surface area contributed by atoms with E-state index in [4.69, 9.17) is 9.84 Å². The maximum Gasteiger partial charge on any atom is 0.119 e. The van der Waals surface area contributed by atoms with Crippen molar-refractivity contribution in [3.8, 4) is 5.75 Å². The Balaban J connectivity index is 2.50. The summed E-state index contributed by atoms with van der Waals surface area (Å²) in [5.41, 5.74) is 0.261. The maximum absolute atomic E-state index is 9.46. The molecule has 0 spiro atoms. The summed E-state index contributed by atoms with van der Waals surface area (Å²) in [5, 5.41) is 18.2. The zero-order chi connectivity index (χ0) is 11.3. The summed E-state index contributed by atoms with van der Waals surface area (Å²) in [5.74, 6) is 0.735. The van der Waals surface area contributed by atoms with Gasteiger partial charge in [-0.1, -0.05) is 12.1 Å². The highest BCUT2D eigenvalue weighted by molar-refractivity contribution is 5.27. The number of benzene rings is 1. The average Bonchev–Trinajstić information content (AvgIpc) is 2.16. The molecule has 15 heavy (non-hydrogen) atoms. The first-order valence-corrected chi connectivity index (χ1v) is 5.06. The first-order valence-electron chi connectivity index (χ1n) is 5.06. The molecule has 0 aromatic heterocycles. The van der Waals surface area contributed by atoms with Crippen LogP contribution < -0.4 is 4.74 Å². The van der Waals surface area contributed by atoms with Gasteiger partial charge in [-0.05, 0) is 38.0 Å². The van der Waals surface area contributed by atoms with Gasteiger partial charge >= 0.3 is 0 Å². The van der Waals surface area contributed by atoms with Gasteiger partial charge < -0.3 is 14.9 Å². The van der Waals surface area contributed by atoms with Crippen molar-refractivity contribution in [2.45, 2.75) is 25.9 Å². The van der Waals surface area contributed by atoms with E-state index < -0.39 is 5.60 Å². The molecule has 1 aromatic rings. The third kappa shape index (κ3) is 4.81. The van der Waals surface area contributed by atoms with Crippen LogP contribution in [0.2, 0.25) is 0 Å². The molecule has 0 saturated carbocycles. The summed E-state index contributed by atoms with van der Waals surface area (Å²) >= 11 is 0. The maximum atomic E-state index is 9.46. The van der Waals surface area contributed by atoms with Crippen molar-refractivity contribution in [2.24, 2.45) is 0 Å². The van der Waals surface area contributed by atoms with Gasteiger partial charge in [0.25, 0.3) is 0 Å². The smallest absolute Gasteiger partial charge is 0.119 e. The van der Waals surface area contributed by atoms with Crippen molar-refractivity contribution in [3.05, 3.63) is 29.8 Å². The lowest BCUT2D eigenvalue weighted by Crippen LogP contribution is -2.27. The Labute approximate surface area is 90.3 Å². The highest BCUT2D eigenvalue weighted by atomic mass is 16.5. The minimum Gasteiger partial charge on any atom is -0.491 e. The molecule has 0 fully saturated rings. The Hall–Kier alpha value is -1.06. The Bertz CT molecular complexity index is 285. The minimum absolute atomic E-state index is 0.157. The lowest BCUT2D eigenvalue weighted by molar-refractivity contribution is 0.0285. The van der Waals surface area contributed by atoms with Crippen molar-refractivity contribution in [1.29, 1.82) is 0 Å². The molecule has 0 saturated heterocycles. The summed E-state index contributed by atoms with van der Waals surface area (Å²) in [6.07, 6.45) is 0.659. The van der Waals surface area contributed by atoms with Crippen molar-refractivity contribution in [3.63, 3.8) is 0 Å². The number of ether oxygens (including phenoxy) is 1. The van der Waals surface area contributed by atoms with Crippen LogP contribution in [-0.4, -0.2) is 29.0 Å². The zero-order valence-corrected chi connectivity index (χ0v) is 9.23. The largest absolute Gasteiger partial charge is 0.491 e. The molecule has 0 aliphatic carbocycles. The number of hydrogen-bond donors (Lipinski definition) is 2. The van der Waals surface area contributed by atoms with E-state index in [9.17, 15) is 5.11 Å². The molecule has 0 heterocycles. The van der Waals surface area contributed by atoms with E-state index in [-0.39, 0.29) is 13.2 Å². The molecule has 2 N–H and O–H groups in total. The lowest BCUT2D eigenvalue weighted by atomic mass is 10.1. The van der Waals surface area contributed by atoms with E-state index in [1.54, 1.807) is 13.8 Å². The summed E-state index contributed by atoms with van der Waals surface area (Å²) in [6.45, 7) is 3.83. The number of aliphatic hydroxyl groups excluding tert-OH is 1. The highest BCUT2D eigenvalue weighted by Gasteiger charge is 2.12. The van der Waals surface area contributed by atoms with E-state index >= 15 is 0 Å². The molecule has 0 aliphatic rings. The molecule has 0 aliphatic heterocycles. The average molecular weight is 210 g/mol. The molecule has 1 aromatic carbocycles. The summed E-state index contributed by atoms with van der Waals surface area (Å²) < 4.78 is 5.39. The minimum atomic E-state index is -0.816. The van der Waals surface area contributed by atoms with Crippen molar-refractivity contribution >= 4 is 0 Å². The third-order valence-electron chi connectivity index (χ3n) is 1.92. The molecule has 3 heteroatoms. The van der Waals surface area contributed by atoms with Crippen LogP contribution in [0.5, 0.6) is 5.75 Å². The molecule has 0 amide bonds. The van der Waals surface area contributed by atoms with Crippen LogP contribution in [0, 0.1) is 0 Å². The fourth-order valence-corrected chi connectivity index (χ4v) is 1.14. The van der Waals surface area contributed by atoms with Crippen molar-refractivity contribution in [2.75, 3.05) is 13.2 Å². The molecule has 1 rings (SSSR count). The third-order valence-corrected chi connectivity index (χ3v) is 1.92. The van der Waals surface area contributed by atoms with Gasteiger partial charge in [0.2, 0.25) is 0 Å². The van der Waals surface area contributed by atoms with Crippen LogP contribution in [0.3, 0.4) is 0 Å². The van der Waals surface area contributed by atoms with Crippen LogP contribution in [0.25, 0.3) is 0 Å². The van der Waals surface area contributed by atoms with Crippen LogP contribution in [0.1, 0.15) is 19.4 Å². The van der Waals surface area contributed by atoms with Crippen LogP contribution in [-0.2, 0) is 6.42 Å². The van der Waals surface area contributed by atoms with Gasteiger partial charge in [0.05, 0.1) is 5.60 Å².